The molecule has 0 aliphatic carbocycles. The van der Waals surface area contributed by atoms with Crippen LogP contribution in [0.5, 0.6) is 0 Å². The summed E-state index contributed by atoms with van der Waals surface area (Å²) in [4.78, 5) is 3.71. The first-order chi connectivity index (χ1) is 9.33. The van der Waals surface area contributed by atoms with Gasteiger partial charge in [0.05, 0.1) is 32.2 Å². The first-order valence-electron chi connectivity index (χ1n) is 8.05. The Bertz CT molecular complexity index is 401. The summed E-state index contributed by atoms with van der Waals surface area (Å²) >= 11 is 0. The Kier molecular flexibility index (Phi) is 4.19. The summed E-state index contributed by atoms with van der Waals surface area (Å²) in [5, 5.41) is 0. The number of piperidine rings is 1. The molecule has 0 bridgehead atoms. The molecule has 1 aromatic rings. The van der Waals surface area contributed by atoms with Gasteiger partial charge in [-0.05, 0) is 12.5 Å². The molecule has 3 rings (SSSR count). The van der Waals surface area contributed by atoms with E-state index in [1.165, 1.54) is 64.0 Å². The Hall–Kier alpha value is -0.860. The van der Waals surface area contributed by atoms with Crippen LogP contribution in [0, 0.1) is 6.92 Å². The fourth-order valence-corrected chi connectivity index (χ4v) is 3.93. The first kappa shape index (κ1) is 13.1. The molecule has 19 heavy (non-hydrogen) atoms. The van der Waals surface area contributed by atoms with E-state index >= 15 is 0 Å². The maximum Gasteiger partial charge on any atom is 0.103 e. The van der Waals surface area contributed by atoms with Crippen molar-refractivity contribution in [2.75, 3.05) is 26.2 Å². The van der Waals surface area contributed by atoms with Crippen LogP contribution in [-0.2, 0) is 6.54 Å². The molecule has 0 atom stereocenters. The number of hydrogen-bond donors (Lipinski definition) is 2. The third kappa shape index (κ3) is 3.18. The predicted molar refractivity (Wildman–Crippen MR) is 78.5 cm³/mol. The lowest BCUT2D eigenvalue weighted by atomic mass is 10.0. The largest absolute Gasteiger partial charge is 0.332 e. The van der Waals surface area contributed by atoms with Gasteiger partial charge in [0.25, 0.3) is 0 Å². The standard InChI is InChI=1S/C17H26N2/c1-15-6-2-3-7-16(15)14-18-12-8-17(9-13-18)19-10-4-5-11-19/h2-3,6-7,17H,4-5,8-14H2,1H3/p+2. The lowest BCUT2D eigenvalue weighted by molar-refractivity contribution is -0.957. The molecule has 2 saturated heterocycles. The molecule has 2 heterocycles. The molecule has 0 spiro atoms. The highest BCUT2D eigenvalue weighted by molar-refractivity contribution is 5.24. The molecule has 1 aromatic carbocycles. The van der Waals surface area contributed by atoms with E-state index in [1.54, 1.807) is 10.5 Å². The summed E-state index contributed by atoms with van der Waals surface area (Å²) in [5.74, 6) is 0. The van der Waals surface area contributed by atoms with Crippen LogP contribution in [0.2, 0.25) is 0 Å². The van der Waals surface area contributed by atoms with Gasteiger partial charge in [0.2, 0.25) is 0 Å². The van der Waals surface area contributed by atoms with E-state index < -0.39 is 0 Å². The van der Waals surface area contributed by atoms with Gasteiger partial charge in [0, 0.05) is 31.2 Å². The maximum atomic E-state index is 2.31. The molecular formula is C17H28N2+2. The summed E-state index contributed by atoms with van der Waals surface area (Å²) in [7, 11) is 0. The van der Waals surface area contributed by atoms with Gasteiger partial charge < -0.3 is 9.80 Å². The van der Waals surface area contributed by atoms with Crippen molar-refractivity contribution in [3.8, 4) is 0 Å². The third-order valence-electron chi connectivity index (χ3n) is 5.22. The Balaban J connectivity index is 1.51. The number of quaternary nitrogens is 2. The third-order valence-corrected chi connectivity index (χ3v) is 5.22. The molecule has 0 saturated carbocycles. The lowest BCUT2D eigenvalue weighted by Gasteiger charge is -2.32. The molecule has 2 fully saturated rings. The molecule has 0 aromatic heterocycles. The van der Waals surface area contributed by atoms with Crippen molar-refractivity contribution < 1.29 is 9.80 Å². The summed E-state index contributed by atoms with van der Waals surface area (Å²) in [6, 6.07) is 9.86. The van der Waals surface area contributed by atoms with Crippen LogP contribution in [0.15, 0.2) is 24.3 Å². The Labute approximate surface area is 117 Å². The Morgan fingerprint density at radius 3 is 2.37 bits per heavy atom. The van der Waals surface area contributed by atoms with Gasteiger partial charge in [0.15, 0.2) is 0 Å². The highest BCUT2D eigenvalue weighted by Gasteiger charge is 2.31. The van der Waals surface area contributed by atoms with E-state index in [0.29, 0.717) is 0 Å². The Morgan fingerprint density at radius 2 is 1.68 bits per heavy atom. The summed E-state index contributed by atoms with van der Waals surface area (Å²) in [6.07, 6.45) is 5.81. The van der Waals surface area contributed by atoms with Gasteiger partial charge in [0.1, 0.15) is 6.54 Å². The van der Waals surface area contributed by atoms with Crippen LogP contribution in [-0.4, -0.2) is 32.2 Å². The lowest BCUT2D eigenvalue weighted by Crippen LogP contribution is -3.19. The molecule has 2 aliphatic heterocycles. The van der Waals surface area contributed by atoms with Crippen molar-refractivity contribution in [1.29, 1.82) is 0 Å². The van der Waals surface area contributed by atoms with E-state index in [0.717, 1.165) is 6.04 Å². The monoisotopic (exact) mass is 260 g/mol. The average molecular weight is 260 g/mol. The fourth-order valence-electron chi connectivity index (χ4n) is 3.93. The minimum atomic E-state index is 0.975. The maximum absolute atomic E-state index is 2.31. The fraction of sp³-hybridized carbons (Fsp3) is 0.647. The first-order valence-corrected chi connectivity index (χ1v) is 8.05. The predicted octanol–water partition coefficient (Wildman–Crippen LogP) is 0.221. The van der Waals surface area contributed by atoms with Crippen LogP contribution in [0.4, 0.5) is 0 Å². The van der Waals surface area contributed by atoms with Gasteiger partial charge >= 0.3 is 0 Å². The van der Waals surface area contributed by atoms with Gasteiger partial charge in [-0.1, -0.05) is 24.3 Å². The van der Waals surface area contributed by atoms with Crippen molar-refractivity contribution in [3.05, 3.63) is 35.4 Å². The summed E-state index contributed by atoms with van der Waals surface area (Å²) in [5.41, 5.74) is 3.01. The Morgan fingerprint density at radius 1 is 1.00 bits per heavy atom. The molecule has 2 nitrogen and oxygen atoms in total. The molecule has 0 amide bonds. The average Bonchev–Trinajstić information content (AvgIpc) is 2.96. The van der Waals surface area contributed by atoms with Crippen LogP contribution in [0.1, 0.15) is 36.8 Å². The zero-order chi connectivity index (χ0) is 13.1. The van der Waals surface area contributed by atoms with Crippen molar-refractivity contribution in [3.63, 3.8) is 0 Å². The number of benzene rings is 1. The molecule has 104 valence electrons. The quantitative estimate of drug-likeness (QED) is 0.769. The molecule has 0 radical (unpaired) electrons. The normalized spacial score (nSPS) is 28.7. The van der Waals surface area contributed by atoms with Crippen molar-refractivity contribution in [1.82, 2.24) is 0 Å². The zero-order valence-electron chi connectivity index (χ0n) is 12.3. The zero-order valence-corrected chi connectivity index (χ0v) is 12.3. The SMILES string of the molecule is Cc1ccccc1C[NH+]1CCC([NH+]2CCCC2)CC1. The van der Waals surface area contributed by atoms with Crippen molar-refractivity contribution in [2.45, 2.75) is 45.2 Å². The molecule has 2 aliphatic rings. The van der Waals surface area contributed by atoms with E-state index in [4.69, 9.17) is 0 Å². The van der Waals surface area contributed by atoms with E-state index in [1.807, 2.05) is 4.90 Å². The van der Waals surface area contributed by atoms with Gasteiger partial charge in [-0.2, -0.15) is 0 Å². The van der Waals surface area contributed by atoms with Crippen LogP contribution < -0.4 is 9.80 Å². The van der Waals surface area contributed by atoms with Crippen molar-refractivity contribution in [2.24, 2.45) is 0 Å². The molecule has 2 N–H and O–H groups in total. The van der Waals surface area contributed by atoms with Gasteiger partial charge in [-0.3, -0.25) is 0 Å². The number of rotatable bonds is 3. The van der Waals surface area contributed by atoms with E-state index in [-0.39, 0.29) is 0 Å². The highest BCUT2D eigenvalue weighted by atomic mass is 15.2. The second-order valence-corrected chi connectivity index (χ2v) is 6.49. The van der Waals surface area contributed by atoms with Gasteiger partial charge in [-0.25, -0.2) is 0 Å². The van der Waals surface area contributed by atoms with Crippen LogP contribution in [0.3, 0.4) is 0 Å². The topological polar surface area (TPSA) is 8.88 Å². The van der Waals surface area contributed by atoms with Crippen LogP contribution in [0.25, 0.3) is 0 Å². The second-order valence-electron chi connectivity index (χ2n) is 6.49. The summed E-state index contributed by atoms with van der Waals surface area (Å²) < 4.78 is 0. The second kappa shape index (κ2) is 6.06. The number of likely N-dealkylation sites (tertiary alicyclic amines) is 2. The minimum absolute atomic E-state index is 0.975. The van der Waals surface area contributed by atoms with Crippen LogP contribution >= 0.6 is 0 Å². The molecule has 2 heteroatoms. The number of nitrogens with one attached hydrogen (secondary N) is 2. The molecular weight excluding hydrogens is 232 g/mol. The highest BCUT2D eigenvalue weighted by Crippen LogP contribution is 2.06. The van der Waals surface area contributed by atoms with E-state index in [9.17, 15) is 0 Å². The van der Waals surface area contributed by atoms with Gasteiger partial charge in [-0.15, -0.1) is 0 Å². The smallest absolute Gasteiger partial charge is 0.103 e. The van der Waals surface area contributed by atoms with E-state index in [2.05, 4.69) is 31.2 Å². The molecule has 0 unspecified atom stereocenters. The number of aryl methyl sites for hydroxylation is 1. The number of hydrogen-bond acceptors (Lipinski definition) is 0. The van der Waals surface area contributed by atoms with Crippen molar-refractivity contribution >= 4 is 0 Å². The minimum Gasteiger partial charge on any atom is -0.332 e. The summed E-state index contributed by atoms with van der Waals surface area (Å²) in [6.45, 7) is 9.12.